The highest BCUT2D eigenvalue weighted by Gasteiger charge is 2.42. The lowest BCUT2D eigenvalue weighted by atomic mass is 9.84. The summed E-state index contributed by atoms with van der Waals surface area (Å²) in [5.41, 5.74) is 0.927. The molecular weight excluding hydrogens is 463 g/mol. The van der Waals surface area contributed by atoms with Gasteiger partial charge in [0.05, 0.1) is 5.41 Å². The molecule has 28 heavy (non-hydrogen) atoms. The SMILES string of the molecule is CN=C(NCc1cccc2ccccc12)NCC1(C(=O)N(C)C)CCCC1.I. The first-order chi connectivity index (χ1) is 13.1. The van der Waals surface area contributed by atoms with Crippen molar-refractivity contribution < 1.29 is 4.79 Å². The van der Waals surface area contributed by atoms with Crippen LogP contribution < -0.4 is 10.6 Å². The van der Waals surface area contributed by atoms with E-state index >= 15 is 0 Å². The van der Waals surface area contributed by atoms with Gasteiger partial charge in [0.25, 0.3) is 0 Å². The standard InChI is InChI=1S/C22H30N4O.HI/c1-23-21(25-16-22(13-6-7-14-22)20(27)26(2)3)24-15-18-11-8-10-17-9-4-5-12-19(17)18;/h4-5,8-12H,6-7,13-16H2,1-3H3,(H2,23,24,25);1H. The number of guanidine groups is 1. The van der Waals surface area contributed by atoms with Gasteiger partial charge >= 0.3 is 0 Å². The van der Waals surface area contributed by atoms with Crippen LogP contribution in [0.15, 0.2) is 47.5 Å². The van der Waals surface area contributed by atoms with Crippen molar-refractivity contribution in [3.63, 3.8) is 0 Å². The number of benzene rings is 2. The summed E-state index contributed by atoms with van der Waals surface area (Å²) in [5.74, 6) is 0.956. The zero-order valence-corrected chi connectivity index (χ0v) is 19.3. The first-order valence-corrected chi connectivity index (χ1v) is 9.69. The molecule has 0 atom stereocenters. The summed E-state index contributed by atoms with van der Waals surface area (Å²) in [6, 6.07) is 14.7. The van der Waals surface area contributed by atoms with Crippen molar-refractivity contribution in [1.29, 1.82) is 0 Å². The third kappa shape index (κ3) is 4.96. The van der Waals surface area contributed by atoms with Crippen molar-refractivity contribution in [2.45, 2.75) is 32.2 Å². The molecule has 3 rings (SSSR count). The quantitative estimate of drug-likeness (QED) is 0.378. The topological polar surface area (TPSA) is 56.7 Å². The van der Waals surface area contributed by atoms with E-state index in [2.05, 4.69) is 58.1 Å². The lowest BCUT2D eigenvalue weighted by Crippen LogP contribution is -2.49. The number of aliphatic imine (C=N–C) groups is 1. The number of nitrogens with one attached hydrogen (secondary N) is 2. The molecule has 0 aliphatic heterocycles. The van der Waals surface area contributed by atoms with Crippen LogP contribution in [-0.2, 0) is 11.3 Å². The van der Waals surface area contributed by atoms with Crippen molar-refractivity contribution in [3.05, 3.63) is 48.0 Å². The molecule has 0 heterocycles. The van der Waals surface area contributed by atoms with Crippen molar-refractivity contribution in [1.82, 2.24) is 15.5 Å². The third-order valence-corrected chi connectivity index (χ3v) is 5.56. The number of carbonyl (C=O) groups excluding carboxylic acids is 1. The first-order valence-electron chi connectivity index (χ1n) is 9.69. The Kier molecular flexibility index (Phi) is 8.10. The van der Waals surface area contributed by atoms with E-state index in [1.807, 2.05) is 14.1 Å². The molecule has 5 nitrogen and oxygen atoms in total. The summed E-state index contributed by atoms with van der Waals surface area (Å²) in [6.07, 6.45) is 4.11. The molecular formula is C22H31IN4O. The second kappa shape index (κ2) is 10.1. The van der Waals surface area contributed by atoms with Gasteiger partial charge in [-0.2, -0.15) is 0 Å². The van der Waals surface area contributed by atoms with E-state index in [1.165, 1.54) is 16.3 Å². The van der Waals surface area contributed by atoms with Crippen LogP contribution in [0.3, 0.4) is 0 Å². The fourth-order valence-corrected chi connectivity index (χ4v) is 4.09. The third-order valence-electron chi connectivity index (χ3n) is 5.56. The Hall–Kier alpha value is -1.83. The maximum absolute atomic E-state index is 12.7. The molecule has 1 aliphatic rings. The Morgan fingerprint density at radius 2 is 1.75 bits per heavy atom. The van der Waals surface area contributed by atoms with Crippen LogP contribution in [0, 0.1) is 5.41 Å². The minimum absolute atomic E-state index is 0. The van der Waals surface area contributed by atoms with Crippen molar-refractivity contribution >= 4 is 46.6 Å². The van der Waals surface area contributed by atoms with E-state index in [9.17, 15) is 4.79 Å². The lowest BCUT2D eigenvalue weighted by Gasteiger charge is -2.31. The van der Waals surface area contributed by atoms with Crippen molar-refractivity contribution in [2.75, 3.05) is 27.7 Å². The fraction of sp³-hybridized carbons (Fsp3) is 0.455. The number of amides is 1. The highest BCUT2D eigenvalue weighted by molar-refractivity contribution is 14.0. The van der Waals surface area contributed by atoms with E-state index in [0.29, 0.717) is 13.1 Å². The number of hydrogen-bond acceptors (Lipinski definition) is 2. The molecule has 0 bridgehead atoms. The number of nitrogens with zero attached hydrogens (tertiary/aromatic N) is 2. The van der Waals surface area contributed by atoms with Gasteiger partial charge in [-0.1, -0.05) is 55.3 Å². The van der Waals surface area contributed by atoms with E-state index in [0.717, 1.165) is 31.6 Å². The van der Waals surface area contributed by atoms with Crippen LogP contribution in [0.5, 0.6) is 0 Å². The number of halogens is 1. The highest BCUT2D eigenvalue weighted by atomic mass is 127. The van der Waals surface area contributed by atoms with Crippen LogP contribution in [-0.4, -0.2) is 44.5 Å². The van der Waals surface area contributed by atoms with E-state index in [1.54, 1.807) is 11.9 Å². The summed E-state index contributed by atoms with van der Waals surface area (Å²) < 4.78 is 0. The summed E-state index contributed by atoms with van der Waals surface area (Å²) in [5, 5.41) is 9.28. The predicted octanol–water partition coefficient (Wildman–Crippen LogP) is 3.77. The van der Waals surface area contributed by atoms with Gasteiger partial charge in [-0.05, 0) is 29.2 Å². The van der Waals surface area contributed by atoms with Gasteiger partial charge in [0.15, 0.2) is 5.96 Å². The van der Waals surface area contributed by atoms with E-state index in [4.69, 9.17) is 0 Å². The van der Waals surface area contributed by atoms with Crippen LogP contribution in [0.4, 0.5) is 0 Å². The largest absolute Gasteiger partial charge is 0.355 e. The Morgan fingerprint density at radius 1 is 1.07 bits per heavy atom. The molecule has 0 radical (unpaired) electrons. The molecule has 2 aromatic carbocycles. The van der Waals surface area contributed by atoms with E-state index < -0.39 is 0 Å². The van der Waals surface area contributed by atoms with Gasteiger partial charge in [-0.15, -0.1) is 24.0 Å². The second-order valence-corrected chi connectivity index (χ2v) is 7.60. The molecule has 0 saturated heterocycles. The smallest absolute Gasteiger partial charge is 0.230 e. The van der Waals surface area contributed by atoms with Gasteiger partial charge in [0.2, 0.25) is 5.91 Å². The highest BCUT2D eigenvalue weighted by Crippen LogP contribution is 2.38. The molecule has 1 fully saturated rings. The number of rotatable bonds is 5. The zero-order valence-electron chi connectivity index (χ0n) is 17.0. The van der Waals surface area contributed by atoms with Crippen LogP contribution in [0.1, 0.15) is 31.2 Å². The minimum atomic E-state index is -0.305. The van der Waals surface area contributed by atoms with Gasteiger partial charge in [-0.25, -0.2) is 0 Å². The molecule has 1 saturated carbocycles. The van der Waals surface area contributed by atoms with Gasteiger partial charge in [0.1, 0.15) is 0 Å². The molecule has 6 heteroatoms. The second-order valence-electron chi connectivity index (χ2n) is 7.60. The molecule has 0 aromatic heterocycles. The molecule has 152 valence electrons. The Labute approximate surface area is 185 Å². The zero-order chi connectivity index (χ0) is 19.3. The van der Waals surface area contributed by atoms with Crippen LogP contribution >= 0.6 is 24.0 Å². The van der Waals surface area contributed by atoms with Crippen molar-refractivity contribution in [3.8, 4) is 0 Å². The monoisotopic (exact) mass is 494 g/mol. The molecule has 1 amide bonds. The molecule has 0 spiro atoms. The maximum Gasteiger partial charge on any atom is 0.230 e. The lowest BCUT2D eigenvalue weighted by molar-refractivity contribution is -0.138. The molecule has 2 N–H and O–H groups in total. The van der Waals surface area contributed by atoms with Gasteiger partial charge in [0, 0.05) is 34.2 Å². The Balaban J connectivity index is 0.00000280. The molecule has 1 aliphatic carbocycles. The van der Waals surface area contributed by atoms with Gasteiger partial charge < -0.3 is 15.5 Å². The maximum atomic E-state index is 12.7. The summed E-state index contributed by atoms with van der Waals surface area (Å²) >= 11 is 0. The fourth-order valence-electron chi connectivity index (χ4n) is 4.09. The average Bonchev–Trinajstić information content (AvgIpc) is 3.17. The Bertz CT molecular complexity index is 823. The number of carbonyl (C=O) groups is 1. The average molecular weight is 494 g/mol. The summed E-state index contributed by atoms with van der Waals surface area (Å²) in [6.45, 7) is 1.31. The normalized spacial score (nSPS) is 15.8. The summed E-state index contributed by atoms with van der Waals surface area (Å²) in [7, 11) is 5.46. The van der Waals surface area contributed by atoms with E-state index in [-0.39, 0.29) is 35.3 Å². The predicted molar refractivity (Wildman–Crippen MR) is 127 cm³/mol. The first kappa shape index (κ1) is 22.5. The number of fused-ring (bicyclic) bond motifs is 1. The molecule has 2 aromatic rings. The van der Waals surface area contributed by atoms with Crippen LogP contribution in [0.25, 0.3) is 10.8 Å². The van der Waals surface area contributed by atoms with Crippen LogP contribution in [0.2, 0.25) is 0 Å². The van der Waals surface area contributed by atoms with Crippen molar-refractivity contribution in [2.24, 2.45) is 10.4 Å². The van der Waals surface area contributed by atoms with Gasteiger partial charge in [-0.3, -0.25) is 9.79 Å². The number of hydrogen-bond donors (Lipinski definition) is 2. The summed E-state index contributed by atoms with van der Waals surface area (Å²) in [4.78, 5) is 18.8. The molecule has 0 unspecified atom stereocenters. The Morgan fingerprint density at radius 3 is 2.43 bits per heavy atom. The minimum Gasteiger partial charge on any atom is -0.355 e.